The van der Waals surface area contributed by atoms with Gasteiger partial charge in [-0.15, -0.1) is 0 Å². The van der Waals surface area contributed by atoms with Gasteiger partial charge in [0, 0.05) is 18.1 Å². The zero-order chi connectivity index (χ0) is 13.4. The minimum absolute atomic E-state index is 0.111. The molecule has 1 aliphatic carbocycles. The van der Waals surface area contributed by atoms with Crippen LogP contribution >= 0.6 is 0 Å². The van der Waals surface area contributed by atoms with E-state index in [2.05, 4.69) is 16.9 Å². The van der Waals surface area contributed by atoms with E-state index in [1.165, 1.54) is 25.3 Å². The van der Waals surface area contributed by atoms with Crippen LogP contribution in [-0.4, -0.2) is 14.9 Å². The molecule has 19 heavy (non-hydrogen) atoms. The van der Waals surface area contributed by atoms with Gasteiger partial charge in [0.1, 0.15) is 5.82 Å². The third-order valence-electron chi connectivity index (χ3n) is 4.16. The summed E-state index contributed by atoms with van der Waals surface area (Å²) in [6.07, 6.45) is 4.93. The fraction of sp³-hybridized carbons (Fsp3) is 0.500. The van der Waals surface area contributed by atoms with Crippen LogP contribution < -0.4 is 0 Å². The Bertz CT molecular complexity index is 620. The van der Waals surface area contributed by atoms with Crippen LogP contribution in [0.3, 0.4) is 0 Å². The Morgan fingerprint density at radius 2 is 2.16 bits per heavy atom. The summed E-state index contributed by atoms with van der Waals surface area (Å²) >= 11 is 0. The van der Waals surface area contributed by atoms with Gasteiger partial charge in [-0.2, -0.15) is 0 Å². The number of benzene rings is 1. The van der Waals surface area contributed by atoms with Gasteiger partial charge < -0.3 is 4.98 Å². The quantitative estimate of drug-likeness (QED) is 0.659. The first-order chi connectivity index (χ1) is 9.15. The number of nitrogens with zero attached hydrogens (tertiary/aromatic N) is 2. The van der Waals surface area contributed by atoms with Crippen molar-refractivity contribution in [1.29, 1.82) is 0 Å². The average molecular weight is 259 g/mol. The van der Waals surface area contributed by atoms with Crippen molar-refractivity contribution < 1.29 is 4.92 Å². The number of imidazole rings is 1. The second-order valence-corrected chi connectivity index (χ2v) is 5.45. The lowest BCUT2D eigenvalue weighted by molar-refractivity contribution is -0.384. The molecule has 2 aromatic rings. The topological polar surface area (TPSA) is 71.8 Å². The van der Waals surface area contributed by atoms with Crippen LogP contribution in [0.5, 0.6) is 0 Å². The first kappa shape index (κ1) is 12.1. The summed E-state index contributed by atoms with van der Waals surface area (Å²) in [7, 11) is 0. The molecular formula is C14H17N3O2. The van der Waals surface area contributed by atoms with E-state index in [1.54, 1.807) is 12.1 Å². The minimum Gasteiger partial charge on any atom is -0.342 e. The lowest BCUT2D eigenvalue weighted by Crippen LogP contribution is -2.15. The molecule has 0 aliphatic heterocycles. The van der Waals surface area contributed by atoms with Gasteiger partial charge >= 0.3 is 0 Å². The van der Waals surface area contributed by atoms with E-state index in [4.69, 9.17) is 0 Å². The van der Waals surface area contributed by atoms with E-state index < -0.39 is 0 Å². The molecule has 1 fully saturated rings. The SMILES string of the molecule is CC1CCCCC1c1nc2ccc([N+](=O)[O-])cc2[nH]1. The Hall–Kier alpha value is -1.91. The number of aromatic nitrogens is 2. The van der Waals surface area contributed by atoms with E-state index >= 15 is 0 Å². The molecule has 1 aromatic carbocycles. The number of rotatable bonds is 2. The molecule has 1 N–H and O–H groups in total. The number of hydrogen-bond acceptors (Lipinski definition) is 3. The van der Waals surface area contributed by atoms with Crippen molar-refractivity contribution in [3.63, 3.8) is 0 Å². The first-order valence-corrected chi connectivity index (χ1v) is 6.79. The van der Waals surface area contributed by atoms with E-state index in [-0.39, 0.29) is 10.6 Å². The van der Waals surface area contributed by atoms with Gasteiger partial charge in [0.15, 0.2) is 0 Å². The van der Waals surface area contributed by atoms with Gasteiger partial charge in [-0.05, 0) is 18.4 Å². The molecule has 2 unspecified atom stereocenters. The molecule has 0 radical (unpaired) electrons. The largest absolute Gasteiger partial charge is 0.342 e. The van der Waals surface area contributed by atoms with E-state index in [0.717, 1.165) is 23.3 Å². The number of nitro benzene ring substituents is 1. The molecule has 0 spiro atoms. The molecular weight excluding hydrogens is 242 g/mol. The molecule has 5 nitrogen and oxygen atoms in total. The number of non-ortho nitro benzene ring substituents is 1. The molecule has 2 atom stereocenters. The highest BCUT2D eigenvalue weighted by Gasteiger charge is 2.25. The molecule has 5 heteroatoms. The Morgan fingerprint density at radius 1 is 1.37 bits per heavy atom. The predicted molar refractivity (Wildman–Crippen MR) is 73.1 cm³/mol. The second kappa shape index (κ2) is 4.64. The van der Waals surface area contributed by atoms with Crippen LogP contribution in [0, 0.1) is 16.0 Å². The summed E-state index contributed by atoms with van der Waals surface area (Å²) in [4.78, 5) is 18.3. The number of fused-ring (bicyclic) bond motifs is 1. The van der Waals surface area contributed by atoms with Gasteiger partial charge in [-0.3, -0.25) is 10.1 Å². The molecule has 1 saturated carbocycles. The maximum absolute atomic E-state index is 10.8. The van der Waals surface area contributed by atoms with Crippen LogP contribution in [-0.2, 0) is 0 Å². The van der Waals surface area contributed by atoms with E-state index in [0.29, 0.717) is 11.8 Å². The van der Waals surface area contributed by atoms with Crippen LogP contribution in [0.15, 0.2) is 18.2 Å². The molecule has 1 aromatic heterocycles. The Labute approximate surface area is 111 Å². The lowest BCUT2D eigenvalue weighted by atomic mass is 9.80. The van der Waals surface area contributed by atoms with Crippen molar-refractivity contribution in [2.45, 2.75) is 38.5 Å². The molecule has 1 aliphatic rings. The first-order valence-electron chi connectivity index (χ1n) is 6.79. The molecule has 100 valence electrons. The predicted octanol–water partition coefficient (Wildman–Crippen LogP) is 3.76. The minimum atomic E-state index is -0.372. The van der Waals surface area contributed by atoms with Crippen molar-refractivity contribution in [1.82, 2.24) is 9.97 Å². The van der Waals surface area contributed by atoms with Crippen LogP contribution in [0.4, 0.5) is 5.69 Å². The fourth-order valence-electron chi connectivity index (χ4n) is 3.03. The number of hydrogen-bond donors (Lipinski definition) is 1. The van der Waals surface area contributed by atoms with Gasteiger partial charge in [0.2, 0.25) is 0 Å². The van der Waals surface area contributed by atoms with Crippen LogP contribution in [0.2, 0.25) is 0 Å². The summed E-state index contributed by atoms with van der Waals surface area (Å²) in [5, 5.41) is 10.8. The van der Waals surface area contributed by atoms with Gasteiger partial charge in [0.05, 0.1) is 16.0 Å². The summed E-state index contributed by atoms with van der Waals surface area (Å²) in [6, 6.07) is 4.80. The number of aromatic amines is 1. The average Bonchev–Trinajstić information content (AvgIpc) is 2.81. The molecule has 3 rings (SSSR count). The van der Waals surface area contributed by atoms with Gasteiger partial charge in [0.25, 0.3) is 5.69 Å². The highest BCUT2D eigenvalue weighted by molar-refractivity contribution is 5.77. The summed E-state index contributed by atoms with van der Waals surface area (Å²) < 4.78 is 0. The lowest BCUT2D eigenvalue weighted by Gasteiger charge is -2.26. The molecule has 0 amide bonds. The Kier molecular flexibility index (Phi) is 2.97. The van der Waals surface area contributed by atoms with Crippen molar-refractivity contribution in [3.8, 4) is 0 Å². The monoisotopic (exact) mass is 259 g/mol. The van der Waals surface area contributed by atoms with Crippen molar-refractivity contribution in [3.05, 3.63) is 34.1 Å². The van der Waals surface area contributed by atoms with E-state index in [9.17, 15) is 10.1 Å². The molecule has 0 bridgehead atoms. The third-order valence-corrected chi connectivity index (χ3v) is 4.16. The Morgan fingerprint density at radius 3 is 2.89 bits per heavy atom. The van der Waals surface area contributed by atoms with Crippen LogP contribution in [0.1, 0.15) is 44.3 Å². The zero-order valence-electron chi connectivity index (χ0n) is 10.9. The van der Waals surface area contributed by atoms with Crippen molar-refractivity contribution >= 4 is 16.7 Å². The second-order valence-electron chi connectivity index (χ2n) is 5.45. The standard InChI is InChI=1S/C14H17N3O2/c1-9-4-2-3-5-11(9)14-15-12-7-6-10(17(18)19)8-13(12)16-14/h6-9,11H,2-5H2,1H3,(H,15,16). The molecule has 0 saturated heterocycles. The Balaban J connectivity index is 1.99. The van der Waals surface area contributed by atoms with Crippen LogP contribution in [0.25, 0.3) is 11.0 Å². The number of H-pyrrole nitrogens is 1. The highest BCUT2D eigenvalue weighted by Crippen LogP contribution is 2.36. The smallest absolute Gasteiger partial charge is 0.271 e. The van der Waals surface area contributed by atoms with E-state index in [1.807, 2.05) is 0 Å². The maximum atomic E-state index is 10.8. The third kappa shape index (κ3) is 2.20. The van der Waals surface area contributed by atoms with Crippen molar-refractivity contribution in [2.24, 2.45) is 5.92 Å². The van der Waals surface area contributed by atoms with Crippen molar-refractivity contribution in [2.75, 3.05) is 0 Å². The molecule has 1 heterocycles. The zero-order valence-corrected chi connectivity index (χ0v) is 10.9. The highest BCUT2D eigenvalue weighted by atomic mass is 16.6. The van der Waals surface area contributed by atoms with Gasteiger partial charge in [-0.25, -0.2) is 4.98 Å². The normalized spacial score (nSPS) is 23.6. The summed E-state index contributed by atoms with van der Waals surface area (Å²) in [6.45, 7) is 2.26. The maximum Gasteiger partial charge on any atom is 0.271 e. The summed E-state index contributed by atoms with van der Waals surface area (Å²) in [5.41, 5.74) is 1.69. The fourth-order valence-corrected chi connectivity index (χ4v) is 3.03. The number of nitro groups is 1. The summed E-state index contributed by atoms with van der Waals surface area (Å²) in [5.74, 6) is 2.08. The van der Waals surface area contributed by atoms with Gasteiger partial charge in [-0.1, -0.05) is 26.2 Å². The number of nitrogens with one attached hydrogen (secondary N) is 1.